The molecule has 44 heavy (non-hydrogen) atoms. The van der Waals surface area contributed by atoms with E-state index in [0.717, 1.165) is 60.1 Å². The summed E-state index contributed by atoms with van der Waals surface area (Å²) < 4.78 is 8.11. The molecule has 0 bridgehead atoms. The van der Waals surface area contributed by atoms with Gasteiger partial charge in [0.2, 0.25) is 0 Å². The van der Waals surface area contributed by atoms with Crippen molar-refractivity contribution in [1.29, 1.82) is 0 Å². The highest BCUT2D eigenvalue weighted by Gasteiger charge is 2.32. The number of aromatic nitrogens is 2. The van der Waals surface area contributed by atoms with E-state index in [0.29, 0.717) is 11.6 Å². The molecule has 0 spiro atoms. The highest BCUT2D eigenvalue weighted by molar-refractivity contribution is 5.97. The van der Waals surface area contributed by atoms with Crippen LogP contribution in [0.4, 0.5) is 5.69 Å². The molecule has 232 valence electrons. The lowest BCUT2D eigenvalue weighted by atomic mass is 9.69. The fourth-order valence-corrected chi connectivity index (χ4v) is 7.42. The third kappa shape index (κ3) is 7.03. The van der Waals surface area contributed by atoms with Gasteiger partial charge >= 0.3 is 5.97 Å². The van der Waals surface area contributed by atoms with Gasteiger partial charge in [0, 0.05) is 24.7 Å². The van der Waals surface area contributed by atoms with Crippen LogP contribution in [-0.4, -0.2) is 27.2 Å². The van der Waals surface area contributed by atoms with Crippen molar-refractivity contribution in [2.45, 2.75) is 110 Å². The van der Waals surface area contributed by atoms with Crippen molar-refractivity contribution in [3.63, 3.8) is 0 Å². The van der Waals surface area contributed by atoms with Gasteiger partial charge in [0.05, 0.1) is 16.6 Å². The second-order valence-electron chi connectivity index (χ2n) is 14.1. The van der Waals surface area contributed by atoms with Crippen molar-refractivity contribution >= 4 is 22.7 Å². The smallest absolute Gasteiger partial charge is 0.339 e. The maximum atomic E-state index is 13.0. The number of nitrogens with zero attached hydrogens (tertiary/aromatic N) is 2. The first-order valence-electron chi connectivity index (χ1n) is 16.9. The van der Waals surface area contributed by atoms with E-state index in [4.69, 9.17) is 9.72 Å². The van der Waals surface area contributed by atoms with Crippen LogP contribution in [0.25, 0.3) is 22.2 Å². The fraction of sp³-hybridized carbons (Fsp3) is 0.487. The third-order valence-electron chi connectivity index (χ3n) is 9.64. The van der Waals surface area contributed by atoms with Crippen LogP contribution in [0.5, 0.6) is 0 Å². The number of benzene rings is 3. The molecule has 0 saturated heterocycles. The first-order chi connectivity index (χ1) is 21.3. The normalized spacial score (nSPS) is 20.3. The summed E-state index contributed by atoms with van der Waals surface area (Å²) in [6.45, 7) is 8.70. The molecule has 1 aromatic heterocycles. The van der Waals surface area contributed by atoms with Gasteiger partial charge in [0.15, 0.2) is 0 Å². The van der Waals surface area contributed by atoms with Gasteiger partial charge in [-0.25, -0.2) is 9.78 Å². The molecule has 1 heterocycles. The van der Waals surface area contributed by atoms with E-state index in [1.165, 1.54) is 61.7 Å². The average molecular weight is 592 g/mol. The molecule has 2 saturated carbocycles. The Morgan fingerprint density at radius 1 is 0.955 bits per heavy atom. The topological polar surface area (TPSA) is 56.2 Å². The second-order valence-corrected chi connectivity index (χ2v) is 14.1. The van der Waals surface area contributed by atoms with Crippen molar-refractivity contribution in [3.8, 4) is 11.1 Å². The number of ether oxygens (including phenoxy) is 1. The van der Waals surface area contributed by atoms with Crippen LogP contribution in [0.2, 0.25) is 0 Å². The number of rotatable bonds is 9. The molecule has 4 aromatic rings. The lowest BCUT2D eigenvalue weighted by Gasteiger charge is -2.39. The number of carbonyl (C=O) groups excluding carboxylic acids is 1. The Bertz CT molecular complexity index is 1580. The molecule has 5 nitrogen and oxygen atoms in total. The molecule has 2 aliphatic carbocycles. The number of fused-ring (bicyclic) bond motifs is 2. The van der Waals surface area contributed by atoms with Crippen molar-refractivity contribution in [2.75, 3.05) is 5.32 Å². The number of anilines is 1. The summed E-state index contributed by atoms with van der Waals surface area (Å²) in [6.07, 6.45) is 12.9. The van der Waals surface area contributed by atoms with Crippen LogP contribution in [0.15, 0.2) is 66.7 Å². The predicted octanol–water partition coefficient (Wildman–Crippen LogP) is 9.82. The molecule has 1 N–H and O–H groups in total. The quantitative estimate of drug-likeness (QED) is 0.197. The monoisotopic (exact) mass is 591 g/mol. The third-order valence-corrected chi connectivity index (χ3v) is 9.64. The largest absolute Gasteiger partial charge is 0.456 e. The number of esters is 1. The molecule has 0 aliphatic heterocycles. The molecule has 0 radical (unpaired) electrons. The molecule has 2 fully saturated rings. The Kier molecular flexibility index (Phi) is 9.11. The summed E-state index contributed by atoms with van der Waals surface area (Å²) in [7, 11) is 0. The number of nitrogens with one attached hydrogen (secondary N) is 1. The number of unbranched alkanes of at least 4 members (excludes halogenated alkanes) is 1. The van der Waals surface area contributed by atoms with Crippen molar-refractivity contribution < 1.29 is 9.53 Å². The van der Waals surface area contributed by atoms with Gasteiger partial charge in [-0.2, -0.15) is 0 Å². The molecule has 6 rings (SSSR count). The van der Waals surface area contributed by atoms with Gasteiger partial charge in [0.1, 0.15) is 11.4 Å². The van der Waals surface area contributed by atoms with Crippen molar-refractivity contribution in [3.05, 3.63) is 83.7 Å². The van der Waals surface area contributed by atoms with Crippen LogP contribution < -0.4 is 5.32 Å². The van der Waals surface area contributed by atoms with E-state index >= 15 is 0 Å². The lowest BCUT2D eigenvalue weighted by Crippen LogP contribution is -2.34. The van der Waals surface area contributed by atoms with Gasteiger partial charge < -0.3 is 14.6 Å². The average Bonchev–Trinajstić information content (AvgIpc) is 3.35. The number of carbonyl (C=O) groups is 1. The number of imidazole rings is 1. The Morgan fingerprint density at radius 2 is 1.73 bits per heavy atom. The summed E-state index contributed by atoms with van der Waals surface area (Å²) in [5, 5.41) is 3.92. The maximum Gasteiger partial charge on any atom is 0.339 e. The summed E-state index contributed by atoms with van der Waals surface area (Å²) in [5.74, 6) is 2.73. The van der Waals surface area contributed by atoms with Gasteiger partial charge in [0.25, 0.3) is 0 Å². The summed E-state index contributed by atoms with van der Waals surface area (Å²) in [4.78, 5) is 18.1. The van der Waals surface area contributed by atoms with Gasteiger partial charge in [-0.15, -0.1) is 0 Å². The molecule has 2 aliphatic rings. The zero-order valence-electron chi connectivity index (χ0n) is 27.1. The van der Waals surface area contributed by atoms with Crippen molar-refractivity contribution in [1.82, 2.24) is 9.55 Å². The second kappa shape index (κ2) is 13.2. The van der Waals surface area contributed by atoms with Crippen LogP contribution in [-0.2, 0) is 17.7 Å². The van der Waals surface area contributed by atoms with E-state index in [9.17, 15) is 4.79 Å². The number of hydrogen-bond acceptors (Lipinski definition) is 4. The van der Waals surface area contributed by atoms with Crippen LogP contribution in [0, 0.1) is 11.8 Å². The zero-order valence-corrected chi connectivity index (χ0v) is 27.1. The summed E-state index contributed by atoms with van der Waals surface area (Å²) >= 11 is 0. The van der Waals surface area contributed by atoms with E-state index < -0.39 is 5.60 Å². The Labute approximate surface area is 263 Å². The molecule has 3 unspecified atom stereocenters. The molecule has 0 amide bonds. The van der Waals surface area contributed by atoms with Crippen LogP contribution in [0.1, 0.15) is 107 Å². The summed E-state index contributed by atoms with van der Waals surface area (Å²) in [6, 6.07) is 23.6. The van der Waals surface area contributed by atoms with E-state index in [-0.39, 0.29) is 5.97 Å². The molecule has 3 aromatic carbocycles. The first kappa shape index (κ1) is 30.4. The van der Waals surface area contributed by atoms with E-state index in [1.54, 1.807) is 0 Å². The van der Waals surface area contributed by atoms with Crippen LogP contribution >= 0.6 is 0 Å². The van der Waals surface area contributed by atoms with Gasteiger partial charge in [-0.05, 0) is 99.2 Å². The zero-order chi connectivity index (χ0) is 30.7. The highest BCUT2D eigenvalue weighted by atomic mass is 16.6. The van der Waals surface area contributed by atoms with Crippen LogP contribution in [0.3, 0.4) is 0 Å². The Balaban J connectivity index is 1.24. The minimum Gasteiger partial charge on any atom is -0.456 e. The summed E-state index contributed by atoms with van der Waals surface area (Å²) in [5.41, 5.74) is 6.66. The highest BCUT2D eigenvalue weighted by Crippen LogP contribution is 2.41. The minimum absolute atomic E-state index is 0.293. The van der Waals surface area contributed by atoms with Gasteiger partial charge in [-0.3, -0.25) is 0 Å². The van der Waals surface area contributed by atoms with Crippen molar-refractivity contribution in [2.24, 2.45) is 11.8 Å². The lowest BCUT2D eigenvalue weighted by molar-refractivity contribution is 0.00704. The first-order valence-corrected chi connectivity index (χ1v) is 16.9. The van der Waals surface area contributed by atoms with E-state index in [2.05, 4.69) is 59.3 Å². The Morgan fingerprint density at radius 3 is 2.50 bits per heavy atom. The maximum absolute atomic E-state index is 13.0. The molecular weight excluding hydrogens is 542 g/mol. The Hall–Kier alpha value is -3.60. The fourth-order valence-electron chi connectivity index (χ4n) is 7.42. The standard InChI is InChI=1S/C39H49N3O2/c1-5-6-15-37-41-35-23-22-32(40-31-21-20-28-11-7-8-12-30(28)24-31)25-36(35)42(37)26-27-16-18-29(19-17-27)33-13-9-10-14-34(33)38(43)44-39(2,3)4/h9-10,13-14,16-19,22-23,25,28,30-31,40H,5-8,11-12,15,20-21,24,26H2,1-4H3. The number of hydrogen-bond donors (Lipinski definition) is 1. The molecular formula is C39H49N3O2. The SMILES string of the molecule is CCCCc1nc2ccc(NC3CCC4CCCCC4C3)cc2n1Cc1ccc(-c2ccccc2C(=O)OC(C)(C)C)cc1. The molecule has 5 heteroatoms. The minimum atomic E-state index is -0.540. The number of aryl methyl sites for hydroxylation is 1. The molecule has 3 atom stereocenters. The van der Waals surface area contributed by atoms with E-state index in [1.807, 2.05) is 45.0 Å². The van der Waals surface area contributed by atoms with Gasteiger partial charge in [-0.1, -0.05) is 81.5 Å². The predicted molar refractivity (Wildman–Crippen MR) is 181 cm³/mol.